The molecule has 1 saturated carbocycles. The average molecular weight is 248 g/mol. The normalized spacial score (nSPS) is 20.4. The average Bonchev–Trinajstić information content (AvgIpc) is 2.67. The lowest BCUT2D eigenvalue weighted by molar-refractivity contribution is 0.0698. The molecule has 1 aliphatic carbocycles. The molecule has 4 heteroatoms. The molecule has 1 heterocycles. The van der Waals surface area contributed by atoms with Gasteiger partial charge in [0, 0.05) is 12.7 Å². The molecule has 1 aromatic rings. The Labute approximate surface area is 107 Å². The van der Waals surface area contributed by atoms with E-state index in [-0.39, 0.29) is 5.56 Å². The van der Waals surface area contributed by atoms with Gasteiger partial charge in [-0.2, -0.15) is 0 Å². The summed E-state index contributed by atoms with van der Waals surface area (Å²) in [6.07, 6.45) is 3.07. The molecule has 0 bridgehead atoms. The van der Waals surface area contributed by atoms with Gasteiger partial charge in [0.2, 0.25) is 0 Å². The fraction of sp³-hybridized carbons (Fsp3) is 0.571. The van der Waals surface area contributed by atoms with Crippen LogP contribution in [-0.4, -0.2) is 22.6 Å². The first-order valence-corrected chi connectivity index (χ1v) is 6.19. The molecule has 0 aliphatic heterocycles. The van der Waals surface area contributed by atoms with Crippen LogP contribution in [-0.2, 0) is 0 Å². The van der Waals surface area contributed by atoms with Crippen LogP contribution in [0.4, 0.5) is 5.69 Å². The van der Waals surface area contributed by atoms with Crippen LogP contribution in [0.1, 0.15) is 38.1 Å². The van der Waals surface area contributed by atoms with Crippen LogP contribution in [0.15, 0.2) is 18.5 Å². The summed E-state index contributed by atoms with van der Waals surface area (Å²) < 4.78 is 0. The molecule has 98 valence electrons. The van der Waals surface area contributed by atoms with Gasteiger partial charge in [-0.3, -0.25) is 4.98 Å². The van der Waals surface area contributed by atoms with Gasteiger partial charge in [-0.25, -0.2) is 4.79 Å². The van der Waals surface area contributed by atoms with Gasteiger partial charge in [-0.15, -0.1) is 0 Å². The van der Waals surface area contributed by atoms with Gasteiger partial charge in [0.25, 0.3) is 0 Å². The summed E-state index contributed by atoms with van der Waals surface area (Å²) >= 11 is 0. The summed E-state index contributed by atoms with van der Waals surface area (Å²) in [6, 6.07) is 1.52. The standard InChI is InChI=1S/C14H20N2O2/c1-13(2)11(14(13,3)4)8-16-10-7-15-6-5-9(10)12(17)18/h5-7,11,16H,8H2,1-4H3,(H,17,18). The Morgan fingerprint density at radius 1 is 1.39 bits per heavy atom. The first kappa shape index (κ1) is 12.9. The number of carboxylic acid groups (broad SMARTS) is 1. The molecule has 0 unspecified atom stereocenters. The maximum Gasteiger partial charge on any atom is 0.337 e. The zero-order valence-electron chi connectivity index (χ0n) is 11.3. The van der Waals surface area contributed by atoms with Gasteiger partial charge < -0.3 is 10.4 Å². The van der Waals surface area contributed by atoms with Crippen LogP contribution in [0.2, 0.25) is 0 Å². The molecule has 0 radical (unpaired) electrons. The molecule has 4 nitrogen and oxygen atoms in total. The number of aromatic carboxylic acids is 1. The summed E-state index contributed by atoms with van der Waals surface area (Å²) in [7, 11) is 0. The lowest BCUT2D eigenvalue weighted by Gasteiger charge is -2.09. The number of rotatable bonds is 4. The van der Waals surface area contributed by atoms with E-state index < -0.39 is 5.97 Å². The molecule has 1 fully saturated rings. The molecule has 1 aromatic heterocycles. The van der Waals surface area contributed by atoms with Crippen molar-refractivity contribution in [2.24, 2.45) is 16.7 Å². The number of pyridine rings is 1. The summed E-state index contributed by atoms with van der Waals surface area (Å²) in [5, 5.41) is 12.3. The minimum absolute atomic E-state index is 0.279. The van der Waals surface area contributed by atoms with Gasteiger partial charge >= 0.3 is 5.97 Å². The van der Waals surface area contributed by atoms with Gasteiger partial charge in [0.05, 0.1) is 17.4 Å². The zero-order valence-corrected chi connectivity index (χ0v) is 11.3. The van der Waals surface area contributed by atoms with Crippen molar-refractivity contribution in [1.82, 2.24) is 4.98 Å². The van der Waals surface area contributed by atoms with Crippen LogP contribution in [0, 0.1) is 16.7 Å². The maximum absolute atomic E-state index is 11.1. The highest BCUT2D eigenvalue weighted by Gasteiger charge is 2.64. The van der Waals surface area contributed by atoms with Gasteiger partial charge in [-0.05, 0) is 22.8 Å². The third-order valence-corrected chi connectivity index (χ3v) is 4.87. The fourth-order valence-electron chi connectivity index (χ4n) is 2.78. The minimum Gasteiger partial charge on any atom is -0.478 e. The van der Waals surface area contributed by atoms with E-state index in [0.717, 1.165) is 6.54 Å². The van der Waals surface area contributed by atoms with E-state index in [1.165, 1.54) is 12.3 Å². The summed E-state index contributed by atoms with van der Waals surface area (Å²) in [5.41, 5.74) is 1.47. The number of hydrogen-bond donors (Lipinski definition) is 2. The summed E-state index contributed by atoms with van der Waals surface area (Å²) in [5.74, 6) is -0.374. The highest BCUT2D eigenvalue weighted by atomic mass is 16.4. The van der Waals surface area contributed by atoms with Crippen molar-refractivity contribution < 1.29 is 9.90 Å². The quantitative estimate of drug-likeness (QED) is 0.860. The molecule has 0 aromatic carbocycles. The van der Waals surface area contributed by atoms with Crippen LogP contribution < -0.4 is 5.32 Å². The molecule has 0 saturated heterocycles. The predicted molar refractivity (Wildman–Crippen MR) is 70.7 cm³/mol. The first-order valence-electron chi connectivity index (χ1n) is 6.19. The highest BCUT2D eigenvalue weighted by molar-refractivity contribution is 5.93. The second kappa shape index (κ2) is 3.97. The fourth-order valence-corrected chi connectivity index (χ4v) is 2.78. The Kier molecular flexibility index (Phi) is 2.84. The van der Waals surface area contributed by atoms with Crippen LogP contribution in [0.25, 0.3) is 0 Å². The van der Waals surface area contributed by atoms with Gasteiger partial charge in [0.15, 0.2) is 0 Å². The maximum atomic E-state index is 11.1. The van der Waals surface area contributed by atoms with Crippen molar-refractivity contribution in [2.75, 3.05) is 11.9 Å². The smallest absolute Gasteiger partial charge is 0.337 e. The Hall–Kier alpha value is -1.58. The number of carbonyl (C=O) groups is 1. The van der Waals surface area contributed by atoms with E-state index in [1.807, 2.05) is 0 Å². The Bertz CT molecular complexity index is 466. The summed E-state index contributed by atoms with van der Waals surface area (Å²) in [4.78, 5) is 15.0. The zero-order chi connectivity index (χ0) is 13.6. The largest absolute Gasteiger partial charge is 0.478 e. The molecule has 1 aliphatic rings. The topological polar surface area (TPSA) is 62.2 Å². The SMILES string of the molecule is CC1(C)C(CNc2cnccc2C(=O)O)C1(C)C. The van der Waals surface area contributed by atoms with Crippen molar-refractivity contribution in [1.29, 1.82) is 0 Å². The highest BCUT2D eigenvalue weighted by Crippen LogP contribution is 2.68. The first-order chi connectivity index (χ1) is 8.28. The van der Waals surface area contributed by atoms with E-state index in [1.54, 1.807) is 6.20 Å². The number of nitrogens with zero attached hydrogens (tertiary/aromatic N) is 1. The Morgan fingerprint density at radius 2 is 2.00 bits per heavy atom. The number of nitrogens with one attached hydrogen (secondary N) is 1. The monoisotopic (exact) mass is 248 g/mol. The van der Waals surface area contributed by atoms with E-state index in [0.29, 0.717) is 22.4 Å². The van der Waals surface area contributed by atoms with Crippen LogP contribution in [0.5, 0.6) is 0 Å². The van der Waals surface area contributed by atoms with E-state index in [2.05, 4.69) is 38.0 Å². The van der Waals surface area contributed by atoms with Crippen LogP contribution >= 0.6 is 0 Å². The third kappa shape index (κ3) is 1.85. The van der Waals surface area contributed by atoms with E-state index in [9.17, 15) is 4.79 Å². The predicted octanol–water partition coefficient (Wildman–Crippen LogP) is 2.87. The lowest BCUT2D eigenvalue weighted by Crippen LogP contribution is -2.11. The van der Waals surface area contributed by atoms with Crippen molar-refractivity contribution >= 4 is 11.7 Å². The molecule has 0 atom stereocenters. The minimum atomic E-state index is -0.922. The molecule has 2 rings (SSSR count). The second-order valence-corrected chi connectivity index (χ2v) is 6.10. The second-order valence-electron chi connectivity index (χ2n) is 6.10. The molecular weight excluding hydrogens is 228 g/mol. The van der Waals surface area contributed by atoms with Gasteiger partial charge in [0.1, 0.15) is 0 Å². The van der Waals surface area contributed by atoms with E-state index >= 15 is 0 Å². The molecular formula is C14H20N2O2. The number of hydrogen-bond acceptors (Lipinski definition) is 3. The van der Waals surface area contributed by atoms with E-state index in [4.69, 9.17) is 5.11 Å². The number of aromatic nitrogens is 1. The Morgan fingerprint density at radius 3 is 2.50 bits per heavy atom. The number of anilines is 1. The van der Waals surface area contributed by atoms with Crippen LogP contribution in [0.3, 0.4) is 0 Å². The van der Waals surface area contributed by atoms with Gasteiger partial charge in [-0.1, -0.05) is 27.7 Å². The Balaban J connectivity index is 2.07. The number of carboxylic acids is 1. The molecule has 18 heavy (non-hydrogen) atoms. The third-order valence-electron chi connectivity index (χ3n) is 4.87. The molecule has 0 spiro atoms. The van der Waals surface area contributed by atoms with Crippen molar-refractivity contribution in [3.63, 3.8) is 0 Å². The van der Waals surface area contributed by atoms with Crippen molar-refractivity contribution in [3.05, 3.63) is 24.0 Å². The molecule has 2 N–H and O–H groups in total. The van der Waals surface area contributed by atoms with Crippen molar-refractivity contribution in [3.8, 4) is 0 Å². The molecule has 0 amide bonds. The lowest BCUT2D eigenvalue weighted by atomic mass is 10.0. The van der Waals surface area contributed by atoms with Crippen molar-refractivity contribution in [2.45, 2.75) is 27.7 Å². The summed E-state index contributed by atoms with van der Waals surface area (Å²) in [6.45, 7) is 9.79.